The van der Waals surface area contributed by atoms with Gasteiger partial charge in [-0.05, 0) is 41.8 Å². The fourth-order valence-corrected chi connectivity index (χ4v) is 5.30. The molecule has 0 spiro atoms. The van der Waals surface area contributed by atoms with Crippen LogP contribution in [0.2, 0.25) is 5.02 Å². The Morgan fingerprint density at radius 1 is 1.23 bits per heavy atom. The van der Waals surface area contributed by atoms with Crippen molar-refractivity contribution in [1.82, 2.24) is 10.2 Å². The van der Waals surface area contributed by atoms with Gasteiger partial charge in [0, 0.05) is 41.2 Å². The van der Waals surface area contributed by atoms with E-state index in [-0.39, 0.29) is 43.5 Å². The maximum absolute atomic E-state index is 13.5. The number of carbonyl (C=O) groups excluding carboxylic acids is 3. The molecule has 0 radical (unpaired) electrons. The Bertz CT molecular complexity index is 1260. The number of methoxy groups -OCH3 is 1. The van der Waals surface area contributed by atoms with Gasteiger partial charge in [0.05, 0.1) is 25.7 Å². The molecule has 2 amide bonds. The number of benzene rings is 2. The minimum Gasteiger partial charge on any atom is -0.493 e. The van der Waals surface area contributed by atoms with Gasteiger partial charge in [-0.15, -0.1) is 0 Å². The molecule has 0 aromatic heterocycles. The standard InChI is InChI=1S/C29H33ClN2O7/c1-16(2)10-24(35)32(14-17-4-6-19(30)7-5-17)22-13-21(29(37)31-8-9-33)25-20-11-18(15-34)12-23(38-3)27(20)39-28(25)26(22)36/h4-7,11-13,15-16,22,25-26,28,33,36H,8-10,14H2,1-3H3,(H,31,37)/t22-,25+,26+,28+/m1/s1. The largest absolute Gasteiger partial charge is 0.493 e. The molecular weight excluding hydrogens is 524 g/mol. The first-order valence-electron chi connectivity index (χ1n) is 12.8. The number of aliphatic hydroxyl groups excluding tert-OH is 2. The lowest BCUT2D eigenvalue weighted by molar-refractivity contribution is -0.138. The molecule has 2 aliphatic rings. The third-order valence-corrected chi connectivity index (χ3v) is 7.19. The number of aliphatic hydroxyl groups is 2. The van der Waals surface area contributed by atoms with Crippen molar-refractivity contribution in [1.29, 1.82) is 0 Å². The summed E-state index contributed by atoms with van der Waals surface area (Å²) in [4.78, 5) is 40.1. The second-order valence-electron chi connectivity index (χ2n) is 10.1. The molecule has 4 atom stereocenters. The maximum Gasteiger partial charge on any atom is 0.247 e. The first-order valence-corrected chi connectivity index (χ1v) is 13.2. The lowest BCUT2D eigenvalue weighted by atomic mass is 9.77. The number of fused-ring (bicyclic) bond motifs is 3. The maximum atomic E-state index is 13.5. The van der Waals surface area contributed by atoms with Crippen molar-refractivity contribution >= 4 is 29.7 Å². The third-order valence-electron chi connectivity index (χ3n) is 6.94. The van der Waals surface area contributed by atoms with Crippen molar-refractivity contribution < 1.29 is 34.1 Å². The Morgan fingerprint density at radius 3 is 2.56 bits per heavy atom. The first-order chi connectivity index (χ1) is 18.7. The van der Waals surface area contributed by atoms with Crippen LogP contribution in [-0.4, -0.2) is 71.7 Å². The third kappa shape index (κ3) is 5.95. The molecule has 0 saturated heterocycles. The molecule has 3 N–H and O–H groups in total. The number of rotatable bonds is 10. The molecule has 2 aromatic rings. The Hall–Kier alpha value is -3.40. The average Bonchev–Trinajstić information content (AvgIpc) is 3.31. The summed E-state index contributed by atoms with van der Waals surface area (Å²) < 4.78 is 11.7. The number of nitrogens with one attached hydrogen (secondary N) is 1. The minimum absolute atomic E-state index is 0.0208. The predicted molar refractivity (Wildman–Crippen MR) is 145 cm³/mol. The number of hydrogen-bond donors (Lipinski definition) is 3. The predicted octanol–water partition coefficient (Wildman–Crippen LogP) is 2.86. The summed E-state index contributed by atoms with van der Waals surface area (Å²) in [5.41, 5.74) is 1.93. The minimum atomic E-state index is -1.20. The Labute approximate surface area is 232 Å². The van der Waals surface area contributed by atoms with Gasteiger partial charge in [-0.3, -0.25) is 14.4 Å². The van der Waals surface area contributed by atoms with Gasteiger partial charge >= 0.3 is 0 Å². The zero-order valence-corrected chi connectivity index (χ0v) is 22.9. The van der Waals surface area contributed by atoms with Gasteiger partial charge in [0.15, 0.2) is 11.5 Å². The smallest absolute Gasteiger partial charge is 0.247 e. The lowest BCUT2D eigenvalue weighted by Gasteiger charge is -2.41. The van der Waals surface area contributed by atoms with Crippen LogP contribution in [0.1, 0.15) is 47.7 Å². The van der Waals surface area contributed by atoms with E-state index < -0.39 is 30.1 Å². The summed E-state index contributed by atoms with van der Waals surface area (Å²) in [6.07, 6.45) is 0.379. The molecule has 2 aromatic carbocycles. The van der Waals surface area contributed by atoms with Gasteiger partial charge in [-0.1, -0.05) is 37.6 Å². The first kappa shape index (κ1) is 28.6. The van der Waals surface area contributed by atoms with Crippen LogP contribution in [0.15, 0.2) is 48.0 Å². The fourth-order valence-electron chi connectivity index (χ4n) is 5.17. The monoisotopic (exact) mass is 556 g/mol. The fraction of sp³-hybridized carbons (Fsp3) is 0.414. The molecule has 1 aliphatic heterocycles. The van der Waals surface area contributed by atoms with E-state index in [0.717, 1.165) is 5.56 Å². The van der Waals surface area contributed by atoms with Gasteiger partial charge in [0.2, 0.25) is 11.8 Å². The normalized spacial score (nSPS) is 21.4. The van der Waals surface area contributed by atoms with E-state index in [1.54, 1.807) is 29.2 Å². The molecule has 208 valence electrons. The average molecular weight is 557 g/mol. The van der Waals surface area contributed by atoms with Crippen LogP contribution in [0.25, 0.3) is 0 Å². The van der Waals surface area contributed by atoms with E-state index in [9.17, 15) is 24.6 Å². The molecule has 0 bridgehead atoms. The van der Waals surface area contributed by atoms with Gasteiger partial charge in [0.25, 0.3) is 0 Å². The molecule has 1 aliphatic carbocycles. The second kappa shape index (κ2) is 12.2. The molecular formula is C29H33ClN2O7. The molecule has 0 saturated carbocycles. The molecule has 39 heavy (non-hydrogen) atoms. The molecule has 0 fully saturated rings. The molecule has 9 nitrogen and oxygen atoms in total. The number of carbonyl (C=O) groups is 3. The summed E-state index contributed by atoms with van der Waals surface area (Å²) in [5.74, 6) is -0.687. The van der Waals surface area contributed by atoms with Crippen LogP contribution in [0, 0.1) is 5.92 Å². The zero-order chi connectivity index (χ0) is 28.3. The van der Waals surface area contributed by atoms with Crippen LogP contribution in [0.3, 0.4) is 0 Å². The van der Waals surface area contributed by atoms with Gasteiger partial charge in [-0.2, -0.15) is 0 Å². The number of nitrogens with zero attached hydrogens (tertiary/aromatic N) is 1. The highest BCUT2D eigenvalue weighted by molar-refractivity contribution is 6.30. The van der Waals surface area contributed by atoms with E-state index in [1.807, 2.05) is 26.0 Å². The molecule has 0 unspecified atom stereocenters. The van der Waals surface area contributed by atoms with E-state index in [0.29, 0.717) is 33.9 Å². The number of aldehydes is 1. The van der Waals surface area contributed by atoms with Gasteiger partial charge in [-0.25, -0.2) is 0 Å². The highest BCUT2D eigenvalue weighted by Gasteiger charge is 2.51. The zero-order valence-electron chi connectivity index (χ0n) is 22.1. The number of hydrogen-bond acceptors (Lipinski definition) is 7. The van der Waals surface area contributed by atoms with Crippen molar-refractivity contribution in [2.24, 2.45) is 5.92 Å². The summed E-state index contributed by atoms with van der Waals surface area (Å²) in [5, 5.41) is 24.2. The lowest BCUT2D eigenvalue weighted by Crippen LogP contribution is -2.55. The van der Waals surface area contributed by atoms with Crippen molar-refractivity contribution in [3.63, 3.8) is 0 Å². The van der Waals surface area contributed by atoms with Crippen LogP contribution in [-0.2, 0) is 16.1 Å². The Kier molecular flexibility index (Phi) is 8.94. The highest BCUT2D eigenvalue weighted by atomic mass is 35.5. The van der Waals surface area contributed by atoms with E-state index in [1.165, 1.54) is 13.2 Å². The molecule has 4 rings (SSSR count). The highest BCUT2D eigenvalue weighted by Crippen LogP contribution is 2.51. The number of ether oxygens (including phenoxy) is 2. The van der Waals surface area contributed by atoms with Crippen LogP contribution in [0.4, 0.5) is 0 Å². The summed E-state index contributed by atoms with van der Waals surface area (Å²) >= 11 is 6.06. The van der Waals surface area contributed by atoms with Gasteiger partial charge in [0.1, 0.15) is 18.5 Å². The van der Waals surface area contributed by atoms with Crippen molar-refractivity contribution in [2.75, 3.05) is 20.3 Å². The second-order valence-corrected chi connectivity index (χ2v) is 10.6. The SMILES string of the molecule is COc1cc(C=O)cc2c1O[C@@H]1[C@@H](O)[C@H](N(Cc3ccc(Cl)cc3)C(=O)CC(C)C)C=C(C(=O)NCCO)[C@H]21. The van der Waals surface area contributed by atoms with E-state index >= 15 is 0 Å². The quantitative estimate of drug-likeness (QED) is 0.384. The molecule has 1 heterocycles. The Morgan fingerprint density at radius 2 is 1.95 bits per heavy atom. The summed E-state index contributed by atoms with van der Waals surface area (Å²) in [6.45, 7) is 3.80. The van der Waals surface area contributed by atoms with Crippen LogP contribution >= 0.6 is 11.6 Å². The topological polar surface area (TPSA) is 125 Å². The van der Waals surface area contributed by atoms with E-state index in [2.05, 4.69) is 5.32 Å². The molecule has 10 heteroatoms. The summed E-state index contributed by atoms with van der Waals surface area (Å²) in [7, 11) is 1.44. The number of amides is 2. The number of halogens is 1. The van der Waals surface area contributed by atoms with Crippen molar-refractivity contribution in [2.45, 2.75) is 51.0 Å². The van der Waals surface area contributed by atoms with Crippen LogP contribution < -0.4 is 14.8 Å². The Balaban J connectivity index is 1.82. The van der Waals surface area contributed by atoms with E-state index in [4.69, 9.17) is 21.1 Å². The summed E-state index contributed by atoms with van der Waals surface area (Å²) in [6, 6.07) is 9.32. The van der Waals surface area contributed by atoms with Crippen molar-refractivity contribution in [3.8, 4) is 11.5 Å². The van der Waals surface area contributed by atoms with Gasteiger partial charge < -0.3 is 29.9 Å². The van der Waals surface area contributed by atoms with Crippen LogP contribution in [0.5, 0.6) is 11.5 Å². The van der Waals surface area contributed by atoms with Crippen molar-refractivity contribution in [3.05, 3.63) is 69.8 Å².